The number of hydrogen-bond acceptors (Lipinski definition) is 4. The van der Waals surface area contributed by atoms with Crippen LogP contribution in [0.2, 0.25) is 5.02 Å². The Morgan fingerprint density at radius 3 is 3.06 bits per heavy atom. The lowest BCUT2D eigenvalue weighted by Crippen LogP contribution is -2.27. The normalized spacial score (nSPS) is 14.8. The van der Waals surface area contributed by atoms with E-state index in [4.69, 9.17) is 16.3 Å². The fourth-order valence-corrected chi connectivity index (χ4v) is 1.92. The summed E-state index contributed by atoms with van der Waals surface area (Å²) in [7, 11) is 1.65. The third kappa shape index (κ3) is 3.46. The number of nitrogens with zero attached hydrogens (tertiary/aromatic N) is 2. The van der Waals surface area contributed by atoms with Crippen molar-refractivity contribution in [1.29, 1.82) is 0 Å². The van der Waals surface area contributed by atoms with Gasteiger partial charge in [0.2, 0.25) is 0 Å². The van der Waals surface area contributed by atoms with E-state index < -0.39 is 0 Å². The monoisotopic (exact) mass is 271 g/mol. The van der Waals surface area contributed by atoms with Crippen LogP contribution in [0.3, 0.4) is 0 Å². The molecule has 100 valence electrons. The number of nitrogens with one attached hydrogen (secondary N) is 1. The maximum atomic E-state index is 12.1. The molecule has 18 heavy (non-hydrogen) atoms. The van der Waals surface area contributed by atoms with Crippen LogP contribution < -0.4 is 10.9 Å². The zero-order valence-corrected chi connectivity index (χ0v) is 11.2. The minimum atomic E-state index is -0.133. The molecule has 0 saturated heterocycles. The molecule has 1 saturated carbocycles. The first kappa shape index (κ1) is 13.4. The second-order valence-electron chi connectivity index (χ2n) is 4.57. The number of rotatable bonds is 7. The number of hydrogen-bond donors (Lipinski definition) is 1. The summed E-state index contributed by atoms with van der Waals surface area (Å²) >= 11 is 6.00. The number of aromatic nitrogens is 2. The topological polar surface area (TPSA) is 56.1 Å². The first-order valence-electron chi connectivity index (χ1n) is 6.21. The minimum Gasteiger partial charge on any atom is -0.385 e. The third-order valence-corrected chi connectivity index (χ3v) is 3.24. The number of halogens is 1. The van der Waals surface area contributed by atoms with Crippen LogP contribution in [-0.2, 0) is 11.3 Å². The molecule has 1 aromatic rings. The second-order valence-corrected chi connectivity index (χ2v) is 4.98. The number of anilines is 1. The van der Waals surface area contributed by atoms with Gasteiger partial charge in [-0.2, -0.15) is 5.10 Å². The van der Waals surface area contributed by atoms with E-state index in [0.717, 1.165) is 6.42 Å². The van der Waals surface area contributed by atoms with Crippen molar-refractivity contribution in [2.45, 2.75) is 25.8 Å². The molecule has 1 heterocycles. The molecule has 0 aromatic carbocycles. The standard InChI is InChI=1S/C12H18ClN3O2/c1-18-6-2-5-14-11-10(13)7-15-16(12(11)17)8-9-3-4-9/h7,9,14H,2-6,8H2,1H3. The summed E-state index contributed by atoms with van der Waals surface area (Å²) in [4.78, 5) is 12.1. The van der Waals surface area contributed by atoms with E-state index in [-0.39, 0.29) is 5.56 Å². The zero-order valence-electron chi connectivity index (χ0n) is 10.5. The van der Waals surface area contributed by atoms with Crippen molar-refractivity contribution in [3.8, 4) is 0 Å². The third-order valence-electron chi connectivity index (χ3n) is 2.95. The summed E-state index contributed by atoms with van der Waals surface area (Å²) < 4.78 is 6.46. The predicted molar refractivity (Wildman–Crippen MR) is 71.2 cm³/mol. The van der Waals surface area contributed by atoms with E-state index in [1.807, 2.05) is 0 Å². The fourth-order valence-electron chi connectivity index (χ4n) is 1.73. The number of methoxy groups -OCH3 is 1. The Balaban J connectivity index is 2.04. The van der Waals surface area contributed by atoms with Gasteiger partial charge in [0.1, 0.15) is 5.69 Å². The van der Waals surface area contributed by atoms with Gasteiger partial charge in [0.15, 0.2) is 0 Å². The molecule has 0 bridgehead atoms. The minimum absolute atomic E-state index is 0.133. The molecule has 1 aliphatic rings. The molecular formula is C12H18ClN3O2. The van der Waals surface area contributed by atoms with Gasteiger partial charge in [0.25, 0.3) is 5.56 Å². The Hall–Kier alpha value is -1.07. The summed E-state index contributed by atoms with van der Waals surface area (Å²) in [6.45, 7) is 2.02. The highest BCUT2D eigenvalue weighted by molar-refractivity contribution is 6.32. The molecule has 0 atom stereocenters. The lowest BCUT2D eigenvalue weighted by atomic mass is 10.3. The Bertz CT molecular complexity index is 457. The van der Waals surface area contributed by atoms with Crippen LogP contribution in [-0.4, -0.2) is 30.0 Å². The van der Waals surface area contributed by atoms with Gasteiger partial charge >= 0.3 is 0 Å². The zero-order chi connectivity index (χ0) is 13.0. The van der Waals surface area contributed by atoms with Crippen LogP contribution in [0.15, 0.2) is 11.0 Å². The van der Waals surface area contributed by atoms with Crippen LogP contribution in [0.5, 0.6) is 0 Å². The molecule has 1 aliphatic carbocycles. The van der Waals surface area contributed by atoms with Crippen LogP contribution in [0.4, 0.5) is 5.69 Å². The predicted octanol–water partition coefficient (Wildman–Crippen LogP) is 1.76. The van der Waals surface area contributed by atoms with Crippen LogP contribution in [0, 0.1) is 5.92 Å². The maximum absolute atomic E-state index is 12.1. The highest BCUT2D eigenvalue weighted by atomic mass is 35.5. The molecule has 6 heteroatoms. The van der Waals surface area contributed by atoms with Gasteiger partial charge < -0.3 is 10.1 Å². The van der Waals surface area contributed by atoms with Crippen molar-refractivity contribution < 1.29 is 4.74 Å². The first-order valence-corrected chi connectivity index (χ1v) is 6.58. The molecule has 1 aromatic heterocycles. The van der Waals surface area contributed by atoms with E-state index in [1.54, 1.807) is 7.11 Å². The van der Waals surface area contributed by atoms with Crippen molar-refractivity contribution in [1.82, 2.24) is 9.78 Å². The summed E-state index contributed by atoms with van der Waals surface area (Å²) in [6.07, 6.45) is 4.74. The molecule has 0 spiro atoms. The van der Waals surface area contributed by atoms with Crippen LogP contribution in [0.25, 0.3) is 0 Å². The number of ether oxygens (including phenoxy) is 1. The summed E-state index contributed by atoms with van der Waals surface area (Å²) in [5.74, 6) is 0.609. The highest BCUT2D eigenvalue weighted by Crippen LogP contribution is 2.30. The summed E-state index contributed by atoms with van der Waals surface area (Å²) in [5.41, 5.74) is 0.315. The molecule has 0 unspecified atom stereocenters. The van der Waals surface area contributed by atoms with E-state index >= 15 is 0 Å². The van der Waals surface area contributed by atoms with Crippen molar-refractivity contribution in [2.75, 3.05) is 25.6 Å². The smallest absolute Gasteiger partial charge is 0.291 e. The maximum Gasteiger partial charge on any atom is 0.291 e. The SMILES string of the molecule is COCCCNc1c(Cl)cnn(CC2CC2)c1=O. The average Bonchev–Trinajstić information content (AvgIpc) is 3.16. The summed E-state index contributed by atoms with van der Waals surface area (Å²) in [6, 6.07) is 0. The van der Waals surface area contributed by atoms with Crippen molar-refractivity contribution in [3.63, 3.8) is 0 Å². The first-order chi connectivity index (χ1) is 8.72. The van der Waals surface area contributed by atoms with Gasteiger partial charge in [-0.25, -0.2) is 4.68 Å². The lowest BCUT2D eigenvalue weighted by molar-refractivity contribution is 0.198. The largest absolute Gasteiger partial charge is 0.385 e. The van der Waals surface area contributed by atoms with Crippen LogP contribution >= 0.6 is 11.6 Å². The van der Waals surface area contributed by atoms with Gasteiger partial charge in [-0.3, -0.25) is 4.79 Å². The Morgan fingerprint density at radius 1 is 1.61 bits per heavy atom. The van der Waals surface area contributed by atoms with E-state index in [9.17, 15) is 4.79 Å². The van der Waals surface area contributed by atoms with Gasteiger partial charge in [0.05, 0.1) is 11.2 Å². The summed E-state index contributed by atoms with van der Waals surface area (Å²) in [5, 5.41) is 7.51. The highest BCUT2D eigenvalue weighted by Gasteiger charge is 2.23. The quantitative estimate of drug-likeness (QED) is 0.768. The molecule has 1 N–H and O–H groups in total. The van der Waals surface area contributed by atoms with Crippen molar-refractivity contribution in [2.24, 2.45) is 5.92 Å². The fraction of sp³-hybridized carbons (Fsp3) is 0.667. The molecule has 1 fully saturated rings. The Morgan fingerprint density at radius 2 is 2.39 bits per heavy atom. The van der Waals surface area contributed by atoms with E-state index in [1.165, 1.54) is 23.7 Å². The molecule has 2 rings (SSSR count). The van der Waals surface area contributed by atoms with Gasteiger partial charge in [-0.05, 0) is 25.2 Å². The molecule has 0 amide bonds. The van der Waals surface area contributed by atoms with Gasteiger partial charge in [-0.1, -0.05) is 11.6 Å². The Labute approximate surface area is 111 Å². The Kier molecular flexibility index (Phi) is 4.60. The molecular weight excluding hydrogens is 254 g/mol. The second kappa shape index (κ2) is 6.20. The van der Waals surface area contributed by atoms with Crippen molar-refractivity contribution in [3.05, 3.63) is 21.6 Å². The van der Waals surface area contributed by atoms with E-state index in [0.29, 0.717) is 36.3 Å². The van der Waals surface area contributed by atoms with Crippen LogP contribution in [0.1, 0.15) is 19.3 Å². The molecule has 0 aliphatic heterocycles. The van der Waals surface area contributed by atoms with Crippen molar-refractivity contribution >= 4 is 17.3 Å². The molecule has 0 radical (unpaired) electrons. The molecule has 5 nitrogen and oxygen atoms in total. The van der Waals surface area contributed by atoms with Gasteiger partial charge in [0, 0.05) is 26.8 Å². The average molecular weight is 272 g/mol. The van der Waals surface area contributed by atoms with Gasteiger partial charge in [-0.15, -0.1) is 0 Å². The lowest BCUT2D eigenvalue weighted by Gasteiger charge is -2.10. The van der Waals surface area contributed by atoms with E-state index in [2.05, 4.69) is 10.4 Å².